The largest absolute Gasteiger partial charge is 0.388 e. The zero-order valence-electron chi connectivity index (χ0n) is 10.9. The van der Waals surface area contributed by atoms with E-state index in [1.54, 1.807) is 12.1 Å². The van der Waals surface area contributed by atoms with E-state index in [-0.39, 0.29) is 18.1 Å². The molecule has 0 bridgehead atoms. The van der Waals surface area contributed by atoms with Crippen molar-refractivity contribution in [3.05, 3.63) is 29.8 Å². The van der Waals surface area contributed by atoms with Gasteiger partial charge in [-0.3, -0.25) is 4.18 Å². The lowest BCUT2D eigenvalue weighted by Crippen LogP contribution is -2.34. The van der Waals surface area contributed by atoms with Crippen molar-refractivity contribution >= 4 is 10.1 Å². The summed E-state index contributed by atoms with van der Waals surface area (Å²) in [5.41, 5.74) is 0.968. The van der Waals surface area contributed by atoms with Crippen LogP contribution in [-0.4, -0.2) is 51.2 Å². The van der Waals surface area contributed by atoms with E-state index in [1.165, 1.54) is 12.1 Å². The average Bonchev–Trinajstić information content (AvgIpc) is 2.95. The van der Waals surface area contributed by atoms with Crippen LogP contribution in [0.5, 0.6) is 0 Å². The molecule has 0 spiro atoms. The van der Waals surface area contributed by atoms with Gasteiger partial charge in [0.25, 0.3) is 10.1 Å². The second kappa shape index (κ2) is 5.09. The second-order valence-electron chi connectivity index (χ2n) is 5.07. The summed E-state index contributed by atoms with van der Waals surface area (Å²) in [5.74, 6) is 0. The van der Waals surface area contributed by atoms with Crippen LogP contribution < -0.4 is 0 Å². The highest BCUT2D eigenvalue weighted by Crippen LogP contribution is 2.30. The normalized spacial score (nSPS) is 33.3. The van der Waals surface area contributed by atoms with Gasteiger partial charge in [-0.05, 0) is 19.1 Å². The average molecular weight is 300 g/mol. The lowest BCUT2D eigenvalue weighted by atomic mass is 10.1. The van der Waals surface area contributed by atoms with Gasteiger partial charge < -0.3 is 14.6 Å². The minimum Gasteiger partial charge on any atom is -0.388 e. The summed E-state index contributed by atoms with van der Waals surface area (Å²) in [6.45, 7) is 2.11. The van der Waals surface area contributed by atoms with Crippen molar-refractivity contribution in [3.8, 4) is 0 Å². The van der Waals surface area contributed by atoms with Crippen LogP contribution in [0.4, 0.5) is 0 Å². The molecule has 6 nitrogen and oxygen atoms in total. The van der Waals surface area contributed by atoms with Crippen LogP contribution in [0.25, 0.3) is 0 Å². The van der Waals surface area contributed by atoms with Crippen molar-refractivity contribution in [2.75, 3.05) is 13.2 Å². The summed E-state index contributed by atoms with van der Waals surface area (Å²) < 4.78 is 40.2. The van der Waals surface area contributed by atoms with E-state index in [1.807, 2.05) is 6.92 Å². The molecule has 1 aromatic rings. The molecular formula is C13H16O6S. The molecule has 0 aliphatic carbocycles. The van der Waals surface area contributed by atoms with Crippen molar-refractivity contribution in [2.45, 2.75) is 36.2 Å². The molecule has 0 aromatic heterocycles. The molecule has 1 N–H and O–H groups in total. The van der Waals surface area contributed by atoms with Crippen molar-refractivity contribution in [2.24, 2.45) is 0 Å². The fourth-order valence-corrected chi connectivity index (χ4v) is 3.52. The van der Waals surface area contributed by atoms with Gasteiger partial charge in [0.15, 0.2) is 0 Å². The van der Waals surface area contributed by atoms with E-state index in [0.29, 0.717) is 0 Å². The predicted octanol–water partition coefficient (Wildman–Crippen LogP) is 0.227. The van der Waals surface area contributed by atoms with Gasteiger partial charge in [0.2, 0.25) is 0 Å². The standard InChI is InChI=1S/C13H16O6S/c1-8-2-4-9(5-3-8)20(15,16)19-11-7-18-12-10(14)6-17-13(11)12/h2-5,10-14H,6-7H2,1H3/t10-,11+,12+,13-/m0/s1. The van der Waals surface area contributed by atoms with Gasteiger partial charge >= 0.3 is 0 Å². The van der Waals surface area contributed by atoms with Crippen molar-refractivity contribution < 1.29 is 27.2 Å². The highest BCUT2D eigenvalue weighted by Gasteiger charge is 2.49. The summed E-state index contributed by atoms with van der Waals surface area (Å²) in [6.07, 6.45) is -2.49. The molecule has 0 unspecified atom stereocenters. The topological polar surface area (TPSA) is 82.1 Å². The molecule has 0 saturated carbocycles. The van der Waals surface area contributed by atoms with Crippen LogP contribution in [0.2, 0.25) is 0 Å². The number of hydrogen-bond donors (Lipinski definition) is 1. The minimum absolute atomic E-state index is 0.0947. The molecule has 2 saturated heterocycles. The summed E-state index contributed by atoms with van der Waals surface area (Å²) in [4.78, 5) is 0.102. The van der Waals surface area contributed by atoms with Crippen LogP contribution >= 0.6 is 0 Å². The van der Waals surface area contributed by atoms with E-state index in [0.717, 1.165) is 5.56 Å². The fraction of sp³-hybridized carbons (Fsp3) is 0.538. The number of aliphatic hydroxyl groups excluding tert-OH is 1. The molecule has 0 radical (unpaired) electrons. The Labute approximate surface area is 117 Å². The smallest absolute Gasteiger partial charge is 0.297 e. The molecule has 0 amide bonds. The number of benzene rings is 1. The highest BCUT2D eigenvalue weighted by molar-refractivity contribution is 7.86. The Morgan fingerprint density at radius 3 is 2.50 bits per heavy atom. The number of rotatable bonds is 3. The number of ether oxygens (including phenoxy) is 2. The Kier molecular flexibility index (Phi) is 3.55. The van der Waals surface area contributed by atoms with Crippen LogP contribution in [0.1, 0.15) is 5.56 Å². The maximum Gasteiger partial charge on any atom is 0.297 e. The number of hydrogen-bond acceptors (Lipinski definition) is 6. The third kappa shape index (κ3) is 2.47. The first-order chi connectivity index (χ1) is 9.47. The Hall–Kier alpha value is -0.990. The van der Waals surface area contributed by atoms with Crippen LogP contribution in [-0.2, 0) is 23.8 Å². The first kappa shape index (κ1) is 14.0. The van der Waals surface area contributed by atoms with Crippen LogP contribution in [0.15, 0.2) is 29.2 Å². The quantitative estimate of drug-likeness (QED) is 0.805. The predicted molar refractivity (Wildman–Crippen MR) is 68.7 cm³/mol. The van der Waals surface area contributed by atoms with Gasteiger partial charge in [-0.1, -0.05) is 17.7 Å². The van der Waals surface area contributed by atoms with Gasteiger partial charge in [0.1, 0.15) is 24.4 Å². The number of aliphatic hydroxyl groups is 1. The van der Waals surface area contributed by atoms with E-state index in [9.17, 15) is 13.5 Å². The molecule has 110 valence electrons. The summed E-state index contributed by atoms with van der Waals surface area (Å²) in [7, 11) is -3.86. The molecular weight excluding hydrogens is 284 g/mol. The lowest BCUT2D eigenvalue weighted by molar-refractivity contribution is 0.00979. The van der Waals surface area contributed by atoms with Crippen molar-refractivity contribution in [1.82, 2.24) is 0 Å². The summed E-state index contributed by atoms with van der Waals surface area (Å²) in [6, 6.07) is 6.42. The molecule has 20 heavy (non-hydrogen) atoms. The number of aryl methyl sites for hydroxylation is 1. The van der Waals surface area contributed by atoms with E-state index < -0.39 is 34.5 Å². The van der Waals surface area contributed by atoms with Gasteiger partial charge in [-0.2, -0.15) is 8.42 Å². The molecule has 2 aliphatic rings. The maximum absolute atomic E-state index is 12.2. The monoisotopic (exact) mass is 300 g/mol. The third-order valence-electron chi connectivity index (χ3n) is 3.54. The molecule has 2 aliphatic heterocycles. The molecule has 7 heteroatoms. The van der Waals surface area contributed by atoms with Crippen LogP contribution in [0.3, 0.4) is 0 Å². The molecule has 2 heterocycles. The molecule has 1 aromatic carbocycles. The van der Waals surface area contributed by atoms with Gasteiger partial charge in [0, 0.05) is 0 Å². The molecule has 2 fully saturated rings. The Balaban J connectivity index is 1.76. The minimum atomic E-state index is -3.86. The van der Waals surface area contributed by atoms with Crippen molar-refractivity contribution in [3.63, 3.8) is 0 Å². The zero-order valence-corrected chi connectivity index (χ0v) is 11.7. The first-order valence-corrected chi connectivity index (χ1v) is 7.79. The lowest BCUT2D eigenvalue weighted by Gasteiger charge is -2.16. The van der Waals surface area contributed by atoms with Crippen LogP contribution in [0, 0.1) is 6.92 Å². The van der Waals surface area contributed by atoms with E-state index in [4.69, 9.17) is 13.7 Å². The Morgan fingerprint density at radius 1 is 1.15 bits per heavy atom. The van der Waals surface area contributed by atoms with Gasteiger partial charge in [-0.15, -0.1) is 0 Å². The molecule has 3 rings (SSSR count). The second-order valence-corrected chi connectivity index (χ2v) is 6.64. The maximum atomic E-state index is 12.2. The number of fused-ring (bicyclic) bond motifs is 1. The third-order valence-corrected chi connectivity index (χ3v) is 4.89. The SMILES string of the molecule is Cc1ccc(S(=O)(=O)O[C@@H]2CO[C@H]3[C@H]2OC[C@@H]3O)cc1. The first-order valence-electron chi connectivity index (χ1n) is 6.38. The Morgan fingerprint density at radius 2 is 1.80 bits per heavy atom. The van der Waals surface area contributed by atoms with Gasteiger partial charge in [-0.25, -0.2) is 0 Å². The Bertz CT molecular complexity index is 581. The van der Waals surface area contributed by atoms with E-state index in [2.05, 4.69) is 0 Å². The summed E-state index contributed by atoms with van der Waals surface area (Å²) in [5, 5.41) is 9.61. The van der Waals surface area contributed by atoms with E-state index >= 15 is 0 Å². The zero-order chi connectivity index (χ0) is 14.3. The molecule has 4 atom stereocenters. The summed E-state index contributed by atoms with van der Waals surface area (Å²) >= 11 is 0. The highest BCUT2D eigenvalue weighted by atomic mass is 32.2. The van der Waals surface area contributed by atoms with Gasteiger partial charge in [0.05, 0.1) is 18.1 Å². The fourth-order valence-electron chi connectivity index (χ4n) is 2.45. The van der Waals surface area contributed by atoms with Crippen molar-refractivity contribution in [1.29, 1.82) is 0 Å².